The molecule has 0 aliphatic heterocycles. The number of anilines is 1. The smallest absolute Gasteiger partial charge is 0.346 e. The van der Waals surface area contributed by atoms with Crippen molar-refractivity contribution in [2.24, 2.45) is 0 Å². The summed E-state index contributed by atoms with van der Waals surface area (Å²) in [5.74, 6) is -1.30. The number of rotatable bonds is 3. The van der Waals surface area contributed by atoms with E-state index in [1.54, 1.807) is 48.5 Å². The zero-order valence-corrected chi connectivity index (χ0v) is 11.4. The van der Waals surface area contributed by atoms with Gasteiger partial charge in [-0.3, -0.25) is 0 Å². The Bertz CT molecular complexity index is 621. The van der Waals surface area contributed by atoms with E-state index in [1.165, 1.54) is 0 Å². The van der Waals surface area contributed by atoms with Crippen LogP contribution in [0.1, 0.15) is 20.7 Å². The van der Waals surface area contributed by atoms with Crippen LogP contribution in [0.2, 0.25) is 0 Å². The molecule has 2 rings (SSSR count). The first-order valence-corrected chi connectivity index (χ1v) is 6.17. The molecule has 0 saturated carbocycles. The van der Waals surface area contributed by atoms with Gasteiger partial charge in [-0.15, -0.1) is 0 Å². The normalized spacial score (nSPS) is 9.90. The van der Waals surface area contributed by atoms with Crippen LogP contribution in [-0.2, 0) is 4.74 Å². The molecule has 0 bridgehead atoms. The van der Waals surface area contributed by atoms with Crippen LogP contribution < -0.4 is 4.90 Å². The molecule has 20 heavy (non-hydrogen) atoms. The molecule has 0 N–H and O–H groups in total. The van der Waals surface area contributed by atoms with Gasteiger partial charge in [-0.1, -0.05) is 24.3 Å². The zero-order chi connectivity index (χ0) is 14.5. The van der Waals surface area contributed by atoms with Crippen molar-refractivity contribution < 1.29 is 14.3 Å². The number of carbonyl (C=O) groups is 2. The second-order valence-electron chi connectivity index (χ2n) is 4.49. The van der Waals surface area contributed by atoms with Gasteiger partial charge in [0.2, 0.25) is 0 Å². The van der Waals surface area contributed by atoms with Crippen LogP contribution in [0.15, 0.2) is 54.6 Å². The summed E-state index contributed by atoms with van der Waals surface area (Å²) in [5, 5.41) is 0. The van der Waals surface area contributed by atoms with E-state index < -0.39 is 11.9 Å². The minimum atomic E-state index is -0.650. The lowest BCUT2D eigenvalue weighted by Crippen LogP contribution is -2.14. The maximum Gasteiger partial charge on any atom is 0.346 e. The van der Waals surface area contributed by atoms with Crippen molar-refractivity contribution in [1.82, 2.24) is 0 Å². The van der Waals surface area contributed by atoms with Crippen LogP contribution in [-0.4, -0.2) is 26.0 Å². The SMILES string of the molecule is CN(C)c1cccc(C(=O)OC(=O)c2ccccc2)c1. The van der Waals surface area contributed by atoms with Gasteiger partial charge < -0.3 is 9.64 Å². The van der Waals surface area contributed by atoms with Crippen LogP contribution in [0, 0.1) is 0 Å². The van der Waals surface area contributed by atoms with Gasteiger partial charge >= 0.3 is 11.9 Å². The Labute approximate surface area is 117 Å². The molecule has 0 radical (unpaired) electrons. The van der Waals surface area contributed by atoms with E-state index in [4.69, 9.17) is 4.74 Å². The first-order chi connectivity index (χ1) is 9.58. The molecule has 0 unspecified atom stereocenters. The Morgan fingerprint density at radius 1 is 0.850 bits per heavy atom. The average molecular weight is 269 g/mol. The Kier molecular flexibility index (Phi) is 4.15. The van der Waals surface area contributed by atoms with E-state index in [9.17, 15) is 9.59 Å². The highest BCUT2D eigenvalue weighted by molar-refractivity contribution is 6.02. The first-order valence-electron chi connectivity index (χ1n) is 6.17. The standard InChI is InChI=1S/C16H15NO3/c1-17(2)14-10-6-9-13(11-14)16(19)20-15(18)12-7-4-3-5-8-12/h3-11H,1-2H3. The fourth-order valence-corrected chi connectivity index (χ4v) is 1.69. The molecule has 0 aliphatic carbocycles. The molecule has 0 fully saturated rings. The predicted molar refractivity (Wildman–Crippen MR) is 77.0 cm³/mol. The third kappa shape index (κ3) is 3.23. The third-order valence-corrected chi connectivity index (χ3v) is 2.79. The van der Waals surface area contributed by atoms with E-state index in [1.807, 2.05) is 25.1 Å². The average Bonchev–Trinajstić information content (AvgIpc) is 2.48. The summed E-state index contributed by atoms with van der Waals surface area (Å²) in [5.41, 5.74) is 1.57. The molecule has 102 valence electrons. The zero-order valence-electron chi connectivity index (χ0n) is 11.4. The summed E-state index contributed by atoms with van der Waals surface area (Å²) in [7, 11) is 3.75. The van der Waals surface area contributed by atoms with Gasteiger partial charge in [0, 0.05) is 19.8 Å². The van der Waals surface area contributed by atoms with Crippen molar-refractivity contribution in [1.29, 1.82) is 0 Å². The van der Waals surface area contributed by atoms with Crippen LogP contribution in [0.4, 0.5) is 5.69 Å². The fourth-order valence-electron chi connectivity index (χ4n) is 1.69. The number of hydrogen-bond donors (Lipinski definition) is 0. The van der Waals surface area contributed by atoms with Crippen molar-refractivity contribution in [3.63, 3.8) is 0 Å². The molecule has 0 heterocycles. The predicted octanol–water partition coefficient (Wildman–Crippen LogP) is 2.75. The monoisotopic (exact) mass is 269 g/mol. The molecule has 2 aromatic rings. The molecule has 4 heteroatoms. The van der Waals surface area contributed by atoms with E-state index >= 15 is 0 Å². The Morgan fingerprint density at radius 3 is 2.10 bits per heavy atom. The summed E-state index contributed by atoms with van der Waals surface area (Å²) in [6.07, 6.45) is 0. The molecule has 4 nitrogen and oxygen atoms in total. The molecule has 0 atom stereocenters. The van der Waals surface area contributed by atoms with Crippen LogP contribution in [0.5, 0.6) is 0 Å². The fraction of sp³-hybridized carbons (Fsp3) is 0.125. The van der Waals surface area contributed by atoms with Crippen molar-refractivity contribution in [2.75, 3.05) is 19.0 Å². The number of nitrogens with zero attached hydrogens (tertiary/aromatic N) is 1. The van der Waals surface area contributed by atoms with Crippen molar-refractivity contribution in [3.8, 4) is 0 Å². The Balaban J connectivity index is 2.13. The molecule has 0 amide bonds. The molecular weight excluding hydrogens is 254 g/mol. The number of benzene rings is 2. The van der Waals surface area contributed by atoms with Crippen molar-refractivity contribution in [2.45, 2.75) is 0 Å². The quantitative estimate of drug-likeness (QED) is 0.635. The van der Waals surface area contributed by atoms with Gasteiger partial charge in [-0.25, -0.2) is 9.59 Å². The summed E-state index contributed by atoms with van der Waals surface area (Å²) in [6.45, 7) is 0. The van der Waals surface area contributed by atoms with E-state index in [-0.39, 0.29) is 0 Å². The molecule has 0 aliphatic rings. The summed E-state index contributed by atoms with van der Waals surface area (Å²) in [4.78, 5) is 25.6. The summed E-state index contributed by atoms with van der Waals surface area (Å²) in [6, 6.07) is 15.3. The highest BCUT2D eigenvalue weighted by Gasteiger charge is 2.15. The van der Waals surface area contributed by atoms with Gasteiger partial charge in [0.15, 0.2) is 0 Å². The van der Waals surface area contributed by atoms with Crippen LogP contribution in [0.25, 0.3) is 0 Å². The number of ether oxygens (including phenoxy) is 1. The topological polar surface area (TPSA) is 46.6 Å². The van der Waals surface area contributed by atoms with Crippen molar-refractivity contribution in [3.05, 3.63) is 65.7 Å². The van der Waals surface area contributed by atoms with E-state index in [0.717, 1.165) is 5.69 Å². The van der Waals surface area contributed by atoms with Gasteiger partial charge in [0.05, 0.1) is 11.1 Å². The number of hydrogen-bond acceptors (Lipinski definition) is 4. The number of carbonyl (C=O) groups excluding carboxylic acids is 2. The minimum Gasteiger partial charge on any atom is -0.386 e. The van der Waals surface area contributed by atoms with Crippen molar-refractivity contribution >= 4 is 17.6 Å². The maximum atomic E-state index is 11.9. The largest absolute Gasteiger partial charge is 0.386 e. The lowest BCUT2D eigenvalue weighted by Gasteiger charge is -2.12. The highest BCUT2D eigenvalue weighted by Crippen LogP contribution is 2.14. The van der Waals surface area contributed by atoms with Gasteiger partial charge in [0.1, 0.15) is 0 Å². The van der Waals surface area contributed by atoms with Gasteiger partial charge in [-0.05, 0) is 30.3 Å². The lowest BCUT2D eigenvalue weighted by atomic mass is 10.2. The highest BCUT2D eigenvalue weighted by atomic mass is 16.6. The van der Waals surface area contributed by atoms with Gasteiger partial charge in [-0.2, -0.15) is 0 Å². The third-order valence-electron chi connectivity index (χ3n) is 2.79. The van der Waals surface area contributed by atoms with Crippen LogP contribution >= 0.6 is 0 Å². The number of esters is 2. The summed E-state index contributed by atoms with van der Waals surface area (Å²) < 4.78 is 4.86. The lowest BCUT2D eigenvalue weighted by molar-refractivity contribution is 0.0398. The second-order valence-corrected chi connectivity index (χ2v) is 4.49. The van der Waals surface area contributed by atoms with Crippen LogP contribution in [0.3, 0.4) is 0 Å². The Hall–Kier alpha value is -2.62. The molecular formula is C16H15NO3. The molecule has 0 saturated heterocycles. The van der Waals surface area contributed by atoms with E-state index in [0.29, 0.717) is 11.1 Å². The molecule has 2 aromatic carbocycles. The van der Waals surface area contributed by atoms with Gasteiger partial charge in [0.25, 0.3) is 0 Å². The maximum absolute atomic E-state index is 11.9. The molecule has 0 spiro atoms. The second kappa shape index (κ2) is 6.02. The Morgan fingerprint density at radius 2 is 1.45 bits per heavy atom. The summed E-state index contributed by atoms with van der Waals surface area (Å²) >= 11 is 0. The molecule has 0 aromatic heterocycles. The first kappa shape index (κ1) is 13.8. The minimum absolute atomic E-state index is 0.348. The van der Waals surface area contributed by atoms with E-state index in [2.05, 4.69) is 0 Å².